The molecule has 6 unspecified atom stereocenters. The van der Waals surface area contributed by atoms with Crippen LogP contribution >= 0.6 is 22.6 Å². The van der Waals surface area contributed by atoms with Crippen LogP contribution < -0.4 is 14.8 Å². The molecule has 0 spiro atoms. The number of benzene rings is 1. The van der Waals surface area contributed by atoms with Crippen molar-refractivity contribution in [3.63, 3.8) is 0 Å². The fourth-order valence-electron chi connectivity index (χ4n) is 7.40. The number of fused-ring (bicyclic) bond motifs is 2. The zero-order valence-electron chi connectivity index (χ0n) is 26.1. The Morgan fingerprint density at radius 3 is 2.66 bits per heavy atom. The van der Waals surface area contributed by atoms with E-state index in [4.69, 9.17) is 9.47 Å². The van der Waals surface area contributed by atoms with Gasteiger partial charge in [-0.25, -0.2) is 0 Å². The Bertz CT molecular complexity index is 1250. The summed E-state index contributed by atoms with van der Waals surface area (Å²) in [5.74, 6) is 1.80. The second-order valence-corrected chi connectivity index (χ2v) is 14.1. The van der Waals surface area contributed by atoms with Gasteiger partial charge in [-0.3, -0.25) is 14.4 Å². The highest BCUT2D eigenvalue weighted by molar-refractivity contribution is 14.1. The summed E-state index contributed by atoms with van der Waals surface area (Å²) in [7, 11) is 1.47. The van der Waals surface area contributed by atoms with Crippen LogP contribution in [0.2, 0.25) is 0 Å². The number of ether oxygens (including phenoxy) is 2. The first-order valence-corrected chi connectivity index (χ1v) is 16.8. The Hall–Kier alpha value is -2.44. The number of hydrogen-bond donors (Lipinski definition) is 3. The molecule has 10 heteroatoms. The van der Waals surface area contributed by atoms with Gasteiger partial charge in [0.05, 0.1) is 23.3 Å². The Morgan fingerprint density at radius 2 is 2.02 bits per heavy atom. The minimum absolute atomic E-state index is 0.0318. The monoisotopic (exact) mass is 722 g/mol. The van der Waals surface area contributed by atoms with E-state index in [0.717, 1.165) is 37.9 Å². The van der Waals surface area contributed by atoms with Crippen LogP contribution in [-0.4, -0.2) is 78.3 Å². The van der Waals surface area contributed by atoms with Crippen molar-refractivity contribution in [3.05, 3.63) is 45.6 Å². The highest BCUT2D eigenvalue weighted by Gasteiger charge is 2.55. The van der Waals surface area contributed by atoms with Gasteiger partial charge < -0.3 is 29.9 Å². The van der Waals surface area contributed by atoms with Gasteiger partial charge in [-0.1, -0.05) is 19.9 Å². The fourth-order valence-corrected chi connectivity index (χ4v) is 8.15. The molecule has 0 radical (unpaired) electrons. The van der Waals surface area contributed by atoms with E-state index in [1.807, 2.05) is 11.0 Å². The average molecular weight is 723 g/mol. The summed E-state index contributed by atoms with van der Waals surface area (Å²) >= 11 is 2.05. The summed E-state index contributed by atoms with van der Waals surface area (Å²) in [4.78, 5) is 40.5. The van der Waals surface area contributed by atoms with Crippen molar-refractivity contribution in [2.45, 2.75) is 83.5 Å². The van der Waals surface area contributed by atoms with Crippen LogP contribution in [0, 0.1) is 26.7 Å². The van der Waals surface area contributed by atoms with E-state index in [0.29, 0.717) is 57.4 Å². The lowest BCUT2D eigenvalue weighted by molar-refractivity contribution is -0.148. The Balaban J connectivity index is 1.68. The minimum atomic E-state index is -1.13. The van der Waals surface area contributed by atoms with Crippen LogP contribution in [-0.2, 0) is 9.59 Å². The maximum atomic E-state index is 14.0. The number of amides is 2. The number of hydrogen-bond acceptors (Lipinski definition) is 7. The SMILES string of the molecule is C=CCCCCC(=O)N(CC1CCC2CC1C2(C)C)C1CC(C(=O)NCCO)=CC(Oc2c(I)cc(C=O)cc2OC)C1O. The van der Waals surface area contributed by atoms with E-state index >= 15 is 0 Å². The lowest BCUT2D eigenvalue weighted by atomic mass is 9.45. The molecule has 0 saturated heterocycles. The van der Waals surface area contributed by atoms with Gasteiger partial charge in [0.15, 0.2) is 11.5 Å². The van der Waals surface area contributed by atoms with Crippen LogP contribution in [0.15, 0.2) is 36.4 Å². The zero-order valence-corrected chi connectivity index (χ0v) is 28.3. The number of halogens is 1. The molecule has 9 nitrogen and oxygen atoms in total. The minimum Gasteiger partial charge on any atom is -0.493 e. The van der Waals surface area contributed by atoms with Crippen LogP contribution in [0.1, 0.15) is 75.6 Å². The lowest BCUT2D eigenvalue weighted by Gasteiger charge is -2.61. The van der Waals surface area contributed by atoms with Crippen molar-refractivity contribution in [2.24, 2.45) is 23.2 Å². The molecule has 3 fully saturated rings. The fraction of sp³-hybridized carbons (Fsp3) is 0.618. The van der Waals surface area contributed by atoms with Crippen LogP contribution in [0.3, 0.4) is 0 Å². The van der Waals surface area contributed by atoms with Crippen molar-refractivity contribution < 1.29 is 34.1 Å². The van der Waals surface area contributed by atoms with Gasteiger partial charge >= 0.3 is 0 Å². The van der Waals surface area contributed by atoms with Crippen LogP contribution in [0.5, 0.6) is 11.5 Å². The molecule has 242 valence electrons. The summed E-state index contributed by atoms with van der Waals surface area (Å²) in [6.07, 6.45) is 8.33. The number of nitrogens with zero attached hydrogens (tertiary/aromatic N) is 1. The van der Waals surface area contributed by atoms with Gasteiger partial charge in [0.1, 0.15) is 18.5 Å². The molecule has 3 N–H and O–H groups in total. The van der Waals surface area contributed by atoms with Gasteiger partial charge in [0.2, 0.25) is 11.8 Å². The van der Waals surface area contributed by atoms with E-state index in [-0.39, 0.29) is 36.8 Å². The quantitative estimate of drug-likeness (QED) is 0.104. The van der Waals surface area contributed by atoms with Gasteiger partial charge in [-0.05, 0) is 102 Å². The second kappa shape index (κ2) is 15.2. The molecule has 4 aliphatic rings. The molecule has 1 aromatic carbocycles. The third-order valence-corrected chi connectivity index (χ3v) is 10.9. The first kappa shape index (κ1) is 34.4. The van der Waals surface area contributed by atoms with Crippen molar-refractivity contribution in [3.8, 4) is 11.5 Å². The number of rotatable bonds is 15. The summed E-state index contributed by atoms with van der Waals surface area (Å²) in [5, 5.41) is 24.0. The summed E-state index contributed by atoms with van der Waals surface area (Å²) in [5.41, 5.74) is 1.03. The topological polar surface area (TPSA) is 125 Å². The van der Waals surface area contributed by atoms with E-state index in [1.54, 1.807) is 18.2 Å². The Kier molecular flexibility index (Phi) is 11.9. The predicted molar refractivity (Wildman–Crippen MR) is 177 cm³/mol. The van der Waals surface area contributed by atoms with E-state index in [2.05, 4.69) is 48.3 Å². The molecule has 4 aliphatic carbocycles. The number of aliphatic hydroxyl groups is 2. The second-order valence-electron chi connectivity index (χ2n) is 12.9. The first-order valence-electron chi connectivity index (χ1n) is 15.7. The summed E-state index contributed by atoms with van der Waals surface area (Å²) in [6.45, 7) is 8.84. The van der Waals surface area contributed by atoms with Gasteiger partial charge in [-0.2, -0.15) is 0 Å². The molecular formula is C34H47IN2O7. The number of carbonyl (C=O) groups excluding carboxylic acids is 3. The number of methoxy groups -OCH3 is 1. The maximum Gasteiger partial charge on any atom is 0.247 e. The van der Waals surface area contributed by atoms with Crippen molar-refractivity contribution in [1.29, 1.82) is 0 Å². The van der Waals surface area contributed by atoms with Gasteiger partial charge in [0, 0.05) is 37.1 Å². The highest BCUT2D eigenvalue weighted by atomic mass is 127. The molecule has 3 saturated carbocycles. The van der Waals surface area contributed by atoms with Crippen molar-refractivity contribution in [1.82, 2.24) is 10.2 Å². The number of unbranched alkanes of at least 4 members (excludes halogenated alkanes) is 2. The third-order valence-electron chi connectivity index (χ3n) is 10.1. The van der Waals surface area contributed by atoms with Crippen molar-refractivity contribution >= 4 is 40.7 Å². The number of nitrogens with one attached hydrogen (secondary N) is 1. The highest BCUT2D eigenvalue weighted by Crippen LogP contribution is 2.61. The average Bonchev–Trinajstić information content (AvgIpc) is 3.02. The van der Waals surface area contributed by atoms with Crippen LogP contribution in [0.4, 0.5) is 0 Å². The standard InChI is InChI=1S/C34H47IN2O7/c1-5-6-7-8-9-30(40)37(19-22-10-11-24-18-25(22)34(24,2)3)27-16-23(33(42)36-12-13-38)17-28(31(27)41)44-32-26(35)14-21(20-39)15-29(32)43-4/h5,14-15,17,20,22,24-25,27-28,31,38,41H,1,6-13,16,18-19H2,2-4H3,(H,36,42). The molecule has 6 atom stereocenters. The number of carbonyl (C=O) groups is 3. The Morgan fingerprint density at radius 1 is 1.25 bits per heavy atom. The van der Waals surface area contributed by atoms with Crippen LogP contribution in [0.25, 0.3) is 0 Å². The molecule has 0 aliphatic heterocycles. The summed E-state index contributed by atoms with van der Waals surface area (Å²) < 4.78 is 12.5. The molecule has 0 heterocycles. The zero-order chi connectivity index (χ0) is 32.0. The molecule has 1 aromatic rings. The molecule has 44 heavy (non-hydrogen) atoms. The molecule has 0 aromatic heterocycles. The van der Waals surface area contributed by atoms with E-state index < -0.39 is 18.2 Å². The van der Waals surface area contributed by atoms with E-state index in [9.17, 15) is 24.6 Å². The third kappa shape index (κ3) is 7.50. The lowest BCUT2D eigenvalue weighted by Crippen LogP contribution is -2.59. The first-order chi connectivity index (χ1) is 21.0. The predicted octanol–water partition coefficient (Wildman–Crippen LogP) is 4.68. The van der Waals surface area contributed by atoms with Gasteiger partial charge in [0.25, 0.3) is 0 Å². The summed E-state index contributed by atoms with van der Waals surface area (Å²) in [6, 6.07) is 2.53. The van der Waals surface area contributed by atoms with Gasteiger partial charge in [-0.15, -0.1) is 6.58 Å². The molecule has 5 rings (SSSR count). The Labute approximate surface area is 274 Å². The van der Waals surface area contributed by atoms with Crippen molar-refractivity contribution in [2.75, 3.05) is 26.8 Å². The normalized spacial score (nSPS) is 26.9. The smallest absolute Gasteiger partial charge is 0.247 e. The molecule has 2 bridgehead atoms. The maximum absolute atomic E-state index is 14.0. The number of allylic oxidation sites excluding steroid dienone is 1. The molecular weight excluding hydrogens is 675 g/mol. The number of aliphatic hydroxyl groups excluding tert-OH is 2. The number of aldehydes is 1. The van der Waals surface area contributed by atoms with E-state index in [1.165, 1.54) is 13.5 Å². The largest absolute Gasteiger partial charge is 0.493 e. The molecule has 2 amide bonds.